The van der Waals surface area contributed by atoms with Gasteiger partial charge in [-0.1, -0.05) is 19.1 Å². The molecule has 182 valence electrons. The highest BCUT2D eigenvalue weighted by Crippen LogP contribution is 2.32. The molecule has 3 amide bonds. The molecular formula is C25H27N5O5. The normalized spacial score (nSPS) is 12.1. The maximum atomic E-state index is 12.6. The molecule has 0 aliphatic rings. The Morgan fingerprint density at radius 1 is 1.17 bits per heavy atom. The quantitative estimate of drug-likeness (QED) is 0.371. The van der Waals surface area contributed by atoms with Gasteiger partial charge in [-0.3, -0.25) is 0 Å². The fourth-order valence-electron chi connectivity index (χ4n) is 3.32. The van der Waals surface area contributed by atoms with Crippen molar-refractivity contribution in [3.63, 3.8) is 0 Å². The van der Waals surface area contributed by atoms with E-state index in [-0.39, 0.29) is 12.5 Å². The molecule has 1 unspecified atom stereocenters. The average molecular weight is 478 g/mol. The number of nitrogens with one attached hydrogen (secondary N) is 3. The van der Waals surface area contributed by atoms with Crippen molar-refractivity contribution >= 4 is 23.5 Å². The molecule has 10 nitrogen and oxygen atoms in total. The number of alkyl carbamates (subject to hydrolysis) is 1. The number of benzene rings is 2. The SMILES string of the molecule is CC[C@@H](CC#N)OC(=O)NC(C)c1cccc(NC(=O)Nc2ccc(-c3cnco3)c(OC)c2)c1. The molecule has 3 rings (SSSR count). The predicted molar refractivity (Wildman–Crippen MR) is 130 cm³/mol. The third-order valence-electron chi connectivity index (χ3n) is 5.18. The first-order valence-corrected chi connectivity index (χ1v) is 11.0. The number of rotatable bonds is 9. The monoisotopic (exact) mass is 477 g/mol. The van der Waals surface area contributed by atoms with Crippen molar-refractivity contribution in [2.45, 2.75) is 38.8 Å². The number of aromatic nitrogens is 1. The van der Waals surface area contributed by atoms with Crippen molar-refractivity contribution in [1.82, 2.24) is 10.3 Å². The summed E-state index contributed by atoms with van der Waals surface area (Å²) in [6.07, 6.45) is 2.55. The van der Waals surface area contributed by atoms with Crippen molar-refractivity contribution in [3.8, 4) is 23.1 Å². The lowest BCUT2D eigenvalue weighted by atomic mass is 10.1. The number of anilines is 2. The van der Waals surface area contributed by atoms with Crippen LogP contribution in [-0.4, -0.2) is 30.3 Å². The maximum absolute atomic E-state index is 12.6. The van der Waals surface area contributed by atoms with Gasteiger partial charge < -0.3 is 29.8 Å². The van der Waals surface area contributed by atoms with Crippen LogP contribution in [0.15, 0.2) is 59.5 Å². The van der Waals surface area contributed by atoms with Crippen LogP contribution >= 0.6 is 0 Å². The number of nitriles is 1. The minimum Gasteiger partial charge on any atom is -0.496 e. The second-order valence-electron chi connectivity index (χ2n) is 7.65. The summed E-state index contributed by atoms with van der Waals surface area (Å²) < 4.78 is 16.0. The van der Waals surface area contributed by atoms with Gasteiger partial charge in [-0.25, -0.2) is 14.6 Å². The predicted octanol–water partition coefficient (Wildman–Crippen LogP) is 5.47. The van der Waals surface area contributed by atoms with Crippen LogP contribution in [0.25, 0.3) is 11.3 Å². The van der Waals surface area contributed by atoms with E-state index in [1.807, 2.05) is 19.1 Å². The summed E-state index contributed by atoms with van der Waals surface area (Å²) in [7, 11) is 1.53. The van der Waals surface area contributed by atoms with E-state index in [2.05, 4.69) is 20.9 Å². The Hall–Kier alpha value is -4.52. The Balaban J connectivity index is 1.60. The maximum Gasteiger partial charge on any atom is 0.407 e. The van der Waals surface area contributed by atoms with Crippen LogP contribution in [-0.2, 0) is 4.74 Å². The molecule has 2 aromatic carbocycles. The summed E-state index contributed by atoms with van der Waals surface area (Å²) in [6, 6.07) is 13.4. The summed E-state index contributed by atoms with van der Waals surface area (Å²) in [4.78, 5) is 28.6. The highest BCUT2D eigenvalue weighted by molar-refractivity contribution is 6.00. The van der Waals surface area contributed by atoms with Crippen molar-refractivity contribution in [2.24, 2.45) is 0 Å². The van der Waals surface area contributed by atoms with Gasteiger partial charge in [-0.15, -0.1) is 0 Å². The van der Waals surface area contributed by atoms with Crippen LogP contribution in [0.4, 0.5) is 21.0 Å². The zero-order chi connectivity index (χ0) is 25.2. The van der Waals surface area contributed by atoms with E-state index in [9.17, 15) is 9.59 Å². The molecule has 0 spiro atoms. The highest BCUT2D eigenvalue weighted by atomic mass is 16.6. The molecule has 1 aromatic heterocycles. The van der Waals surface area contributed by atoms with Gasteiger partial charge >= 0.3 is 12.1 Å². The largest absolute Gasteiger partial charge is 0.496 e. The van der Waals surface area contributed by atoms with Crippen LogP contribution in [0, 0.1) is 11.3 Å². The number of ether oxygens (including phenoxy) is 2. The van der Waals surface area contributed by atoms with Crippen molar-refractivity contribution in [1.29, 1.82) is 5.26 Å². The number of amides is 3. The highest BCUT2D eigenvalue weighted by Gasteiger charge is 2.16. The second-order valence-corrected chi connectivity index (χ2v) is 7.65. The molecule has 0 saturated heterocycles. The number of carbonyl (C=O) groups excluding carboxylic acids is 2. The summed E-state index contributed by atoms with van der Waals surface area (Å²) in [5, 5.41) is 17.1. The van der Waals surface area contributed by atoms with E-state index in [0.717, 1.165) is 5.56 Å². The third kappa shape index (κ3) is 6.98. The van der Waals surface area contributed by atoms with Gasteiger partial charge in [0.05, 0.1) is 37.4 Å². The summed E-state index contributed by atoms with van der Waals surface area (Å²) in [5.41, 5.74) is 2.55. The van der Waals surface area contributed by atoms with E-state index < -0.39 is 18.2 Å². The first kappa shape index (κ1) is 25.1. The lowest BCUT2D eigenvalue weighted by Gasteiger charge is -2.18. The molecule has 3 N–H and O–H groups in total. The number of nitrogens with zero attached hydrogens (tertiary/aromatic N) is 2. The third-order valence-corrected chi connectivity index (χ3v) is 5.18. The number of oxazole rings is 1. The molecule has 0 fully saturated rings. The van der Waals surface area contributed by atoms with E-state index in [4.69, 9.17) is 19.2 Å². The van der Waals surface area contributed by atoms with E-state index in [1.54, 1.807) is 49.5 Å². The lowest BCUT2D eigenvalue weighted by molar-refractivity contribution is 0.0950. The van der Waals surface area contributed by atoms with Gasteiger partial charge in [0, 0.05) is 17.4 Å². The van der Waals surface area contributed by atoms with Gasteiger partial charge in [-0.05, 0) is 43.2 Å². The topological polar surface area (TPSA) is 139 Å². The van der Waals surface area contributed by atoms with Gasteiger partial charge in [-0.2, -0.15) is 5.26 Å². The number of methoxy groups -OCH3 is 1. The lowest BCUT2D eigenvalue weighted by Crippen LogP contribution is -2.31. The minimum atomic E-state index is -0.599. The molecule has 2 atom stereocenters. The molecule has 0 aliphatic carbocycles. The first-order chi connectivity index (χ1) is 16.9. The molecule has 0 aliphatic heterocycles. The molecule has 0 saturated carbocycles. The van der Waals surface area contributed by atoms with Crippen LogP contribution < -0.4 is 20.7 Å². The number of hydrogen-bond acceptors (Lipinski definition) is 7. The van der Waals surface area contributed by atoms with E-state index in [1.165, 1.54) is 13.5 Å². The molecule has 3 aromatic rings. The van der Waals surface area contributed by atoms with Gasteiger partial charge in [0.1, 0.15) is 11.9 Å². The molecule has 1 heterocycles. The van der Waals surface area contributed by atoms with Crippen LogP contribution in [0.1, 0.15) is 38.3 Å². The molecule has 10 heteroatoms. The molecule has 0 bridgehead atoms. The van der Waals surface area contributed by atoms with Gasteiger partial charge in [0.15, 0.2) is 12.2 Å². The zero-order valence-electron chi connectivity index (χ0n) is 19.7. The standard InChI is InChI=1S/C25H27N5O5/c1-4-20(10-11-26)35-25(32)28-16(2)17-6-5-7-18(12-17)29-24(31)30-19-8-9-21(22(13-19)33-3)23-14-27-15-34-23/h5-9,12-16,20H,4,10H2,1-3H3,(H,28,32)(H2,29,30,31)/t16?,20-/m0/s1. The molecule has 0 radical (unpaired) electrons. The number of carbonyl (C=O) groups is 2. The summed E-state index contributed by atoms with van der Waals surface area (Å²) in [6.45, 7) is 3.65. The van der Waals surface area contributed by atoms with Gasteiger partial charge in [0.2, 0.25) is 0 Å². The van der Waals surface area contributed by atoms with Crippen molar-refractivity contribution in [3.05, 3.63) is 60.6 Å². The summed E-state index contributed by atoms with van der Waals surface area (Å²) >= 11 is 0. The first-order valence-electron chi connectivity index (χ1n) is 11.0. The Bertz CT molecular complexity index is 1190. The Morgan fingerprint density at radius 2 is 1.94 bits per heavy atom. The second kappa shape index (κ2) is 12.1. The van der Waals surface area contributed by atoms with Crippen molar-refractivity contribution in [2.75, 3.05) is 17.7 Å². The number of hydrogen-bond donors (Lipinski definition) is 3. The average Bonchev–Trinajstić information content (AvgIpc) is 3.38. The Kier molecular flexibility index (Phi) is 8.67. The Morgan fingerprint density at radius 3 is 2.60 bits per heavy atom. The molecular weight excluding hydrogens is 450 g/mol. The van der Waals surface area contributed by atoms with Gasteiger partial charge in [0.25, 0.3) is 0 Å². The van der Waals surface area contributed by atoms with Crippen LogP contribution in [0.2, 0.25) is 0 Å². The summed E-state index contributed by atoms with van der Waals surface area (Å²) in [5.74, 6) is 1.07. The zero-order valence-corrected chi connectivity index (χ0v) is 19.7. The van der Waals surface area contributed by atoms with E-state index >= 15 is 0 Å². The number of urea groups is 1. The van der Waals surface area contributed by atoms with E-state index in [0.29, 0.717) is 34.9 Å². The Labute approximate surface area is 203 Å². The minimum absolute atomic E-state index is 0.140. The van der Waals surface area contributed by atoms with Crippen LogP contribution in [0.3, 0.4) is 0 Å². The smallest absolute Gasteiger partial charge is 0.407 e. The fourth-order valence-corrected chi connectivity index (χ4v) is 3.32. The fraction of sp³-hybridized carbons (Fsp3) is 0.280. The van der Waals surface area contributed by atoms with Crippen LogP contribution in [0.5, 0.6) is 5.75 Å². The molecule has 35 heavy (non-hydrogen) atoms. The van der Waals surface area contributed by atoms with Crippen molar-refractivity contribution < 1.29 is 23.5 Å².